The smallest absolute Gasteiger partial charge is 0.255 e. The number of anilines is 2. The van der Waals surface area contributed by atoms with Gasteiger partial charge in [0, 0.05) is 28.9 Å². The minimum atomic E-state index is -3.61. The second-order valence-electron chi connectivity index (χ2n) is 13.5. The lowest BCUT2D eigenvalue weighted by molar-refractivity contribution is 0.102. The molecule has 0 aliphatic carbocycles. The number of methoxy groups -OCH3 is 1. The van der Waals surface area contributed by atoms with Gasteiger partial charge in [-0.3, -0.25) is 9.52 Å². The first kappa shape index (κ1) is 34.8. The van der Waals surface area contributed by atoms with E-state index in [1.54, 1.807) is 37.7 Å². The van der Waals surface area contributed by atoms with Crippen LogP contribution in [-0.4, -0.2) is 51.0 Å². The predicted octanol–water partition coefficient (Wildman–Crippen LogP) is 7.37. The van der Waals surface area contributed by atoms with Crippen molar-refractivity contribution in [1.82, 2.24) is 9.97 Å². The van der Waals surface area contributed by atoms with Crippen LogP contribution in [-0.2, 0) is 26.4 Å². The molecule has 0 fully saturated rings. The summed E-state index contributed by atoms with van der Waals surface area (Å²) in [4.78, 5) is 23.1. The molecule has 0 saturated carbocycles. The molecule has 1 heterocycles. The second kappa shape index (κ2) is 13.2. The third kappa shape index (κ3) is 8.12. The number of carbonyl (C=O) groups excluding carboxylic acids is 1. The van der Waals surface area contributed by atoms with Gasteiger partial charge in [-0.15, -0.1) is 0 Å². The minimum absolute atomic E-state index is 0.214. The molecule has 5 aromatic rings. The normalized spacial score (nSPS) is 12.2. The first-order valence-electron chi connectivity index (χ1n) is 15.4. The van der Waals surface area contributed by atoms with Gasteiger partial charge in [-0.1, -0.05) is 51.1 Å². The number of hydrogen-bond acceptors (Lipinski definition) is 7. The summed E-state index contributed by atoms with van der Waals surface area (Å²) in [6.07, 6.45) is 3.40. The Balaban J connectivity index is 1.44. The second-order valence-corrected chi connectivity index (χ2v) is 18.4. The van der Waals surface area contributed by atoms with Crippen LogP contribution in [0.5, 0.6) is 5.75 Å². The number of fused-ring (bicyclic) bond motifs is 1. The van der Waals surface area contributed by atoms with Crippen molar-refractivity contribution in [2.75, 3.05) is 36.7 Å². The maximum Gasteiger partial charge on any atom is 0.255 e. The zero-order valence-electron chi connectivity index (χ0n) is 28.5. The van der Waals surface area contributed by atoms with Crippen LogP contribution in [0.2, 0.25) is 0 Å². The summed E-state index contributed by atoms with van der Waals surface area (Å²) < 4.78 is 44.9. The highest BCUT2D eigenvalue weighted by molar-refractivity contribution is 7.92. The van der Waals surface area contributed by atoms with Crippen molar-refractivity contribution < 1.29 is 22.5 Å². The molecule has 1 amide bonds. The van der Waals surface area contributed by atoms with Crippen LogP contribution >= 0.6 is 7.14 Å². The summed E-state index contributed by atoms with van der Waals surface area (Å²) in [5, 5.41) is 4.65. The average molecular weight is 685 g/mol. The van der Waals surface area contributed by atoms with Crippen molar-refractivity contribution >= 4 is 50.7 Å². The van der Waals surface area contributed by atoms with Gasteiger partial charge in [0.15, 0.2) is 5.75 Å². The maximum atomic E-state index is 13.7. The van der Waals surface area contributed by atoms with Crippen molar-refractivity contribution in [3.63, 3.8) is 0 Å². The van der Waals surface area contributed by atoms with Gasteiger partial charge < -0.3 is 14.6 Å². The van der Waals surface area contributed by atoms with Gasteiger partial charge >= 0.3 is 0 Å². The molecule has 0 unspecified atom stereocenters. The lowest BCUT2D eigenvalue weighted by Crippen LogP contribution is -2.18. The fraction of sp³-hybridized carbons (Fsp3) is 0.270. The van der Waals surface area contributed by atoms with Crippen LogP contribution in [0.3, 0.4) is 0 Å². The Labute approximate surface area is 282 Å². The van der Waals surface area contributed by atoms with E-state index in [9.17, 15) is 17.8 Å². The Kier molecular flexibility index (Phi) is 9.55. The number of ether oxygens (including phenoxy) is 1. The molecule has 0 spiro atoms. The first-order chi connectivity index (χ1) is 22.4. The largest absolute Gasteiger partial charge is 0.492 e. The molecule has 0 aliphatic rings. The van der Waals surface area contributed by atoms with Crippen molar-refractivity contribution in [2.45, 2.75) is 39.5 Å². The minimum Gasteiger partial charge on any atom is -0.492 e. The number of sulfonamides is 1. The quantitative estimate of drug-likeness (QED) is 0.155. The van der Waals surface area contributed by atoms with Crippen molar-refractivity contribution in [1.29, 1.82) is 0 Å². The highest BCUT2D eigenvalue weighted by Crippen LogP contribution is 2.40. The van der Waals surface area contributed by atoms with Gasteiger partial charge in [0.1, 0.15) is 13.0 Å². The molecule has 2 N–H and O–H groups in total. The first-order valence-corrected chi connectivity index (χ1v) is 19.9. The Morgan fingerprint density at radius 2 is 1.69 bits per heavy atom. The monoisotopic (exact) mass is 684 g/mol. The number of benzene rings is 4. The standard InChI is InChI=1S/C37H41N4O5PS/c1-23-12-13-26(36(42)40-32-20-28(37(2,3)4)21-33(35(32)46-5)41-48(8,44)45)19-30(23)25-14-15-31-27(18-25)22-38-34(39-31)17-24-10-9-11-29(16-24)47(6,7)43/h9-16,18-22,41H,17H2,1-8H3,(H,40,42). The van der Waals surface area contributed by atoms with E-state index in [0.717, 1.165) is 50.3 Å². The van der Waals surface area contributed by atoms with E-state index in [2.05, 4.69) is 15.0 Å². The van der Waals surface area contributed by atoms with E-state index < -0.39 is 17.2 Å². The highest BCUT2D eigenvalue weighted by atomic mass is 32.2. The lowest BCUT2D eigenvalue weighted by Gasteiger charge is -2.24. The van der Waals surface area contributed by atoms with Crippen LogP contribution in [0.25, 0.3) is 22.0 Å². The van der Waals surface area contributed by atoms with Gasteiger partial charge in [-0.05, 0) is 96.0 Å². The average Bonchev–Trinajstić information content (AvgIpc) is 2.99. The molecular formula is C37H41N4O5PS. The van der Waals surface area contributed by atoms with Crippen LogP contribution in [0, 0.1) is 6.92 Å². The van der Waals surface area contributed by atoms with Crippen molar-refractivity contribution in [2.24, 2.45) is 0 Å². The van der Waals surface area contributed by atoms with Crippen LogP contribution in [0.1, 0.15) is 53.6 Å². The number of rotatable bonds is 9. The Bertz CT molecular complexity index is 2200. The summed E-state index contributed by atoms with van der Waals surface area (Å²) in [6, 6.07) is 22.7. The molecule has 0 saturated heterocycles. The highest BCUT2D eigenvalue weighted by Gasteiger charge is 2.23. The van der Waals surface area contributed by atoms with Gasteiger partial charge in [-0.25, -0.2) is 18.4 Å². The van der Waals surface area contributed by atoms with Crippen molar-refractivity contribution in [3.8, 4) is 16.9 Å². The van der Waals surface area contributed by atoms with E-state index in [-0.39, 0.29) is 22.8 Å². The number of amides is 1. The van der Waals surface area contributed by atoms with Crippen LogP contribution in [0.15, 0.2) is 79.0 Å². The maximum absolute atomic E-state index is 13.7. The van der Waals surface area contributed by atoms with Crippen LogP contribution < -0.4 is 20.1 Å². The number of nitrogens with one attached hydrogen (secondary N) is 2. The van der Waals surface area contributed by atoms with Crippen LogP contribution in [0.4, 0.5) is 11.4 Å². The molecule has 250 valence electrons. The molecule has 0 atom stereocenters. The topological polar surface area (TPSA) is 127 Å². The molecule has 11 heteroatoms. The van der Waals surface area contributed by atoms with E-state index in [1.165, 1.54) is 7.11 Å². The van der Waals surface area contributed by atoms with Gasteiger partial charge in [0.05, 0.1) is 30.3 Å². The number of aromatic nitrogens is 2. The van der Waals surface area contributed by atoms with E-state index in [0.29, 0.717) is 23.5 Å². The summed E-state index contributed by atoms with van der Waals surface area (Å²) in [6.45, 7) is 11.5. The zero-order valence-corrected chi connectivity index (χ0v) is 30.2. The molecule has 1 aromatic heterocycles. The summed E-state index contributed by atoms with van der Waals surface area (Å²) >= 11 is 0. The Morgan fingerprint density at radius 3 is 2.35 bits per heavy atom. The molecular weight excluding hydrogens is 643 g/mol. The van der Waals surface area contributed by atoms with E-state index in [1.807, 2.05) is 82.3 Å². The van der Waals surface area contributed by atoms with Gasteiger partial charge in [0.2, 0.25) is 10.0 Å². The number of aryl methyl sites for hydroxylation is 1. The molecule has 48 heavy (non-hydrogen) atoms. The fourth-order valence-electron chi connectivity index (χ4n) is 5.43. The Hall–Kier alpha value is -4.53. The molecule has 4 aromatic carbocycles. The number of carbonyl (C=O) groups is 1. The predicted molar refractivity (Wildman–Crippen MR) is 196 cm³/mol. The molecule has 0 bridgehead atoms. The fourth-order valence-corrected chi connectivity index (χ4v) is 6.90. The molecule has 9 nitrogen and oxygen atoms in total. The van der Waals surface area contributed by atoms with Gasteiger partial charge in [0.25, 0.3) is 5.91 Å². The lowest BCUT2D eigenvalue weighted by atomic mass is 9.86. The summed E-state index contributed by atoms with van der Waals surface area (Å²) in [5.41, 5.74) is 6.08. The third-order valence-electron chi connectivity index (χ3n) is 8.04. The third-order valence-corrected chi connectivity index (χ3v) is 10.2. The van der Waals surface area contributed by atoms with Gasteiger partial charge in [-0.2, -0.15) is 0 Å². The van der Waals surface area contributed by atoms with E-state index in [4.69, 9.17) is 9.72 Å². The number of nitrogens with zero attached hydrogens (tertiary/aromatic N) is 2. The molecule has 5 rings (SSSR count). The SMILES string of the molecule is COc1c(NC(=O)c2ccc(C)c(-c3ccc4nc(Cc5cccc(P(C)(C)=O)c5)ncc4c3)c2)cc(C(C)(C)C)cc1NS(C)(=O)=O. The number of hydrogen-bond donors (Lipinski definition) is 2. The summed E-state index contributed by atoms with van der Waals surface area (Å²) in [5.74, 6) is 0.517. The van der Waals surface area contributed by atoms with E-state index >= 15 is 0 Å². The summed E-state index contributed by atoms with van der Waals surface area (Å²) in [7, 11) is -4.55. The molecule has 0 radical (unpaired) electrons. The zero-order chi connectivity index (χ0) is 35.0. The molecule has 0 aliphatic heterocycles. The Morgan fingerprint density at radius 1 is 0.958 bits per heavy atom. The van der Waals surface area contributed by atoms with Crippen molar-refractivity contribution in [3.05, 3.63) is 107 Å².